The summed E-state index contributed by atoms with van der Waals surface area (Å²) in [6.45, 7) is -0.344. The van der Waals surface area contributed by atoms with E-state index < -0.39 is 23.8 Å². The summed E-state index contributed by atoms with van der Waals surface area (Å²) in [5.74, 6) is -0.430. The molecule has 1 amide bonds. The van der Waals surface area contributed by atoms with Crippen molar-refractivity contribution < 1.29 is 22.7 Å². The van der Waals surface area contributed by atoms with Crippen molar-refractivity contribution in [3.8, 4) is 0 Å². The number of anilines is 1. The van der Waals surface area contributed by atoms with Crippen molar-refractivity contribution in [2.24, 2.45) is 0 Å². The Bertz CT molecular complexity index is 761. The first-order valence-electron chi connectivity index (χ1n) is 6.73. The normalized spacial score (nSPS) is 18.1. The molecule has 1 N–H and O–H groups in total. The van der Waals surface area contributed by atoms with Crippen molar-refractivity contribution in [1.29, 1.82) is 0 Å². The Morgan fingerprint density at radius 3 is 2.61 bits per heavy atom. The molecule has 0 radical (unpaired) electrons. The number of carbonyl (C=O) groups excluding carboxylic acids is 1. The van der Waals surface area contributed by atoms with E-state index in [0.29, 0.717) is 16.3 Å². The Balaban J connectivity index is 2.18. The highest BCUT2D eigenvalue weighted by molar-refractivity contribution is 6.30. The third-order valence-electron chi connectivity index (χ3n) is 3.50. The van der Waals surface area contributed by atoms with Gasteiger partial charge < -0.3 is 10.1 Å². The summed E-state index contributed by atoms with van der Waals surface area (Å²) in [6.07, 6.45) is -5.57. The summed E-state index contributed by atoms with van der Waals surface area (Å²) in [4.78, 5) is 11.7. The minimum absolute atomic E-state index is 0.0555. The molecule has 3 nitrogen and oxygen atoms in total. The Hall–Kier alpha value is -2.05. The van der Waals surface area contributed by atoms with E-state index in [0.717, 1.165) is 6.07 Å². The SMILES string of the molecule is O=C1COC(c2ccccc2C(F)(F)F)c2cc(Cl)ccc2N1. The van der Waals surface area contributed by atoms with Gasteiger partial charge in [0.25, 0.3) is 0 Å². The second kappa shape index (κ2) is 5.86. The number of rotatable bonds is 1. The fourth-order valence-electron chi connectivity index (χ4n) is 2.54. The average Bonchev–Trinajstić information content (AvgIpc) is 2.65. The molecular weight excluding hydrogens is 331 g/mol. The monoisotopic (exact) mass is 341 g/mol. The second-order valence-electron chi connectivity index (χ2n) is 5.06. The smallest absolute Gasteiger partial charge is 0.359 e. The largest absolute Gasteiger partial charge is 0.416 e. The van der Waals surface area contributed by atoms with Crippen LogP contribution in [0.15, 0.2) is 42.5 Å². The molecule has 0 saturated heterocycles. The van der Waals surface area contributed by atoms with Crippen molar-refractivity contribution in [1.82, 2.24) is 0 Å². The van der Waals surface area contributed by atoms with Gasteiger partial charge in [-0.2, -0.15) is 13.2 Å². The number of carbonyl (C=O) groups is 1. The van der Waals surface area contributed by atoms with Crippen LogP contribution in [0.25, 0.3) is 0 Å². The van der Waals surface area contributed by atoms with Crippen LogP contribution < -0.4 is 5.32 Å². The molecule has 3 rings (SSSR count). The van der Waals surface area contributed by atoms with E-state index in [1.54, 1.807) is 12.1 Å². The fraction of sp³-hybridized carbons (Fsp3) is 0.188. The van der Waals surface area contributed by atoms with Gasteiger partial charge in [-0.25, -0.2) is 0 Å². The maximum Gasteiger partial charge on any atom is 0.416 e. The molecule has 1 aliphatic rings. The first-order valence-corrected chi connectivity index (χ1v) is 7.11. The number of nitrogens with one attached hydrogen (secondary N) is 1. The molecule has 1 unspecified atom stereocenters. The highest BCUT2D eigenvalue weighted by atomic mass is 35.5. The van der Waals surface area contributed by atoms with Crippen LogP contribution in [0.3, 0.4) is 0 Å². The zero-order chi connectivity index (χ0) is 16.6. The van der Waals surface area contributed by atoms with Gasteiger partial charge in [0, 0.05) is 16.3 Å². The number of ether oxygens (including phenoxy) is 1. The Morgan fingerprint density at radius 2 is 1.87 bits per heavy atom. The minimum Gasteiger partial charge on any atom is -0.359 e. The lowest BCUT2D eigenvalue weighted by Gasteiger charge is -2.22. The molecule has 2 aromatic carbocycles. The van der Waals surface area contributed by atoms with E-state index in [4.69, 9.17) is 16.3 Å². The summed E-state index contributed by atoms with van der Waals surface area (Å²) in [7, 11) is 0. The molecule has 2 aromatic rings. The van der Waals surface area contributed by atoms with Crippen LogP contribution in [0, 0.1) is 0 Å². The molecule has 0 bridgehead atoms. The van der Waals surface area contributed by atoms with Gasteiger partial charge >= 0.3 is 6.18 Å². The van der Waals surface area contributed by atoms with Crippen LogP contribution in [-0.2, 0) is 15.7 Å². The van der Waals surface area contributed by atoms with Crippen molar-refractivity contribution in [2.45, 2.75) is 12.3 Å². The van der Waals surface area contributed by atoms with E-state index in [-0.39, 0.29) is 12.2 Å². The van der Waals surface area contributed by atoms with Crippen molar-refractivity contribution in [3.05, 3.63) is 64.2 Å². The lowest BCUT2D eigenvalue weighted by molar-refractivity contribution is -0.139. The molecule has 23 heavy (non-hydrogen) atoms. The minimum atomic E-state index is -4.53. The number of amides is 1. The van der Waals surface area contributed by atoms with Crippen LogP contribution in [0.4, 0.5) is 18.9 Å². The molecule has 0 fully saturated rings. The van der Waals surface area contributed by atoms with E-state index in [1.165, 1.54) is 24.3 Å². The van der Waals surface area contributed by atoms with Gasteiger partial charge in [0.05, 0.1) is 5.56 Å². The predicted octanol–water partition coefficient (Wildman–Crippen LogP) is 4.42. The number of halogens is 4. The summed E-state index contributed by atoms with van der Waals surface area (Å²) < 4.78 is 45.3. The summed E-state index contributed by atoms with van der Waals surface area (Å²) >= 11 is 5.96. The molecule has 120 valence electrons. The first kappa shape index (κ1) is 15.8. The third kappa shape index (κ3) is 3.18. The number of fused-ring (bicyclic) bond motifs is 1. The fourth-order valence-corrected chi connectivity index (χ4v) is 2.72. The molecule has 0 saturated carbocycles. The lowest BCUT2D eigenvalue weighted by Crippen LogP contribution is -2.17. The molecule has 1 aliphatic heterocycles. The van der Waals surface area contributed by atoms with Gasteiger partial charge in [0.2, 0.25) is 5.91 Å². The van der Waals surface area contributed by atoms with Gasteiger partial charge in [0.15, 0.2) is 0 Å². The molecule has 1 heterocycles. The number of benzene rings is 2. The standard InChI is InChI=1S/C16H11ClF3NO2/c17-9-5-6-13-11(7-9)15(23-8-14(22)21-13)10-3-1-2-4-12(10)16(18,19)20/h1-7,15H,8H2,(H,21,22). The summed E-state index contributed by atoms with van der Waals surface area (Å²) in [6, 6.07) is 9.74. The van der Waals surface area contributed by atoms with E-state index in [2.05, 4.69) is 5.32 Å². The van der Waals surface area contributed by atoms with Crippen molar-refractivity contribution in [2.75, 3.05) is 11.9 Å². The number of hydrogen-bond donors (Lipinski definition) is 1. The number of alkyl halides is 3. The maximum absolute atomic E-state index is 13.3. The van der Waals surface area contributed by atoms with Gasteiger partial charge in [-0.05, 0) is 29.8 Å². The van der Waals surface area contributed by atoms with Crippen molar-refractivity contribution in [3.63, 3.8) is 0 Å². The summed E-state index contributed by atoms with van der Waals surface area (Å²) in [5, 5.41) is 2.95. The van der Waals surface area contributed by atoms with E-state index in [9.17, 15) is 18.0 Å². The van der Waals surface area contributed by atoms with Crippen LogP contribution in [-0.4, -0.2) is 12.5 Å². The van der Waals surface area contributed by atoms with Gasteiger partial charge in [0.1, 0.15) is 12.7 Å². The van der Waals surface area contributed by atoms with Gasteiger partial charge in [-0.15, -0.1) is 0 Å². The molecule has 0 aromatic heterocycles. The highest BCUT2D eigenvalue weighted by Crippen LogP contribution is 2.41. The van der Waals surface area contributed by atoms with Gasteiger partial charge in [-0.3, -0.25) is 4.79 Å². The first-order chi connectivity index (χ1) is 10.9. The highest BCUT2D eigenvalue weighted by Gasteiger charge is 2.37. The number of hydrogen-bond acceptors (Lipinski definition) is 2. The maximum atomic E-state index is 13.3. The molecule has 0 spiro atoms. The van der Waals surface area contributed by atoms with Crippen LogP contribution >= 0.6 is 11.6 Å². The molecule has 1 atom stereocenters. The molecule has 0 aliphatic carbocycles. The Labute approximate surface area is 135 Å². The van der Waals surface area contributed by atoms with E-state index in [1.807, 2.05) is 0 Å². The predicted molar refractivity (Wildman–Crippen MR) is 79.3 cm³/mol. The molecular formula is C16H11ClF3NO2. The average molecular weight is 342 g/mol. The van der Waals surface area contributed by atoms with Gasteiger partial charge in [-0.1, -0.05) is 29.8 Å². The van der Waals surface area contributed by atoms with Crippen LogP contribution in [0.5, 0.6) is 0 Å². The van der Waals surface area contributed by atoms with Crippen molar-refractivity contribution >= 4 is 23.2 Å². The zero-order valence-electron chi connectivity index (χ0n) is 11.7. The Kier molecular flexibility index (Phi) is 4.04. The Morgan fingerprint density at radius 1 is 1.13 bits per heavy atom. The summed E-state index contributed by atoms with van der Waals surface area (Å²) in [5.41, 5.74) is -0.0794. The topological polar surface area (TPSA) is 38.3 Å². The lowest BCUT2D eigenvalue weighted by atomic mass is 9.95. The van der Waals surface area contributed by atoms with Crippen LogP contribution in [0.1, 0.15) is 22.8 Å². The van der Waals surface area contributed by atoms with Crippen LogP contribution in [0.2, 0.25) is 5.02 Å². The quantitative estimate of drug-likeness (QED) is 0.834. The third-order valence-corrected chi connectivity index (χ3v) is 3.74. The van der Waals surface area contributed by atoms with E-state index >= 15 is 0 Å². The zero-order valence-corrected chi connectivity index (χ0v) is 12.4. The second-order valence-corrected chi connectivity index (χ2v) is 5.49. The molecule has 7 heteroatoms.